The summed E-state index contributed by atoms with van der Waals surface area (Å²) >= 11 is 0. The highest BCUT2D eigenvalue weighted by atomic mass is 16.6. The molecule has 0 atom stereocenters. The van der Waals surface area contributed by atoms with Gasteiger partial charge in [0.25, 0.3) is 0 Å². The molecule has 6 rings (SSSR count). The number of rotatable bonds is 13. The fraction of sp³-hybridized carbons (Fsp3) is 0.279. The summed E-state index contributed by atoms with van der Waals surface area (Å²) in [6, 6.07) is 26.7. The molecule has 0 saturated heterocycles. The third-order valence-electron chi connectivity index (χ3n) is 8.17. The van der Waals surface area contributed by atoms with Crippen LogP contribution < -0.4 is 11.1 Å². The van der Waals surface area contributed by atoms with Crippen LogP contribution in [0.2, 0.25) is 0 Å². The van der Waals surface area contributed by atoms with Crippen LogP contribution in [0, 0.1) is 0 Å². The van der Waals surface area contributed by atoms with E-state index in [1.807, 2.05) is 82.0 Å². The largest absolute Gasteiger partial charge is 0.508 e. The number of carbonyl (C=O) groups is 1. The highest BCUT2D eigenvalue weighted by Crippen LogP contribution is 2.31. The van der Waals surface area contributed by atoms with E-state index >= 15 is 0 Å². The molecule has 10 heteroatoms. The Morgan fingerprint density at radius 1 is 0.679 bits per heavy atom. The van der Waals surface area contributed by atoms with Gasteiger partial charge in [-0.3, -0.25) is 9.97 Å². The third-order valence-corrected chi connectivity index (χ3v) is 8.17. The van der Waals surface area contributed by atoms with Gasteiger partial charge in [-0.1, -0.05) is 48.5 Å². The molecule has 1 amide bonds. The van der Waals surface area contributed by atoms with Crippen LogP contribution in [0.15, 0.2) is 110 Å². The second-order valence-electron chi connectivity index (χ2n) is 13.6. The van der Waals surface area contributed by atoms with Crippen molar-refractivity contribution in [3.8, 4) is 33.8 Å². The van der Waals surface area contributed by atoms with E-state index in [2.05, 4.69) is 39.6 Å². The van der Waals surface area contributed by atoms with E-state index in [0.717, 1.165) is 61.3 Å². The van der Waals surface area contributed by atoms with Gasteiger partial charge in [0, 0.05) is 66.4 Å². The molecule has 2 heterocycles. The number of nitrogens with one attached hydrogen (secondary N) is 1. The average Bonchev–Trinajstić information content (AvgIpc) is 3.14. The molecular weight excluding hydrogens is 668 g/mol. The zero-order chi connectivity index (χ0) is 37.6. The molecule has 2 aromatic heterocycles. The van der Waals surface area contributed by atoms with Crippen LogP contribution >= 0.6 is 0 Å². The Balaban J connectivity index is 0.000000211. The van der Waals surface area contributed by atoms with Crippen LogP contribution in [0.3, 0.4) is 0 Å². The molecule has 0 unspecified atom stereocenters. The lowest BCUT2D eigenvalue weighted by Gasteiger charge is -2.19. The molecule has 0 bridgehead atoms. The lowest BCUT2D eigenvalue weighted by molar-refractivity contribution is 0.0518. The molecule has 276 valence electrons. The van der Waals surface area contributed by atoms with Gasteiger partial charge in [-0.25, -0.2) is 4.79 Å². The van der Waals surface area contributed by atoms with Crippen molar-refractivity contribution in [2.24, 2.45) is 5.73 Å². The van der Waals surface area contributed by atoms with Crippen molar-refractivity contribution >= 4 is 27.6 Å². The number of fused-ring (bicyclic) bond motifs is 2. The van der Waals surface area contributed by atoms with Crippen molar-refractivity contribution in [1.29, 1.82) is 0 Å². The topological polar surface area (TPSA) is 149 Å². The maximum Gasteiger partial charge on any atom is 0.407 e. The molecule has 4 aromatic carbocycles. The van der Waals surface area contributed by atoms with Crippen LogP contribution in [-0.4, -0.2) is 58.2 Å². The molecule has 0 radical (unpaired) electrons. The quantitative estimate of drug-likeness (QED) is 0.0863. The summed E-state index contributed by atoms with van der Waals surface area (Å²) < 4.78 is 16.6. The average molecular weight is 717 g/mol. The fourth-order valence-electron chi connectivity index (χ4n) is 5.59. The van der Waals surface area contributed by atoms with Gasteiger partial charge in [-0.05, 0) is 110 Å². The van der Waals surface area contributed by atoms with Gasteiger partial charge in [0.1, 0.15) is 17.1 Å². The summed E-state index contributed by atoms with van der Waals surface area (Å²) in [6.45, 7) is 8.93. The molecule has 0 aliphatic carbocycles. The van der Waals surface area contributed by atoms with Crippen LogP contribution in [0.5, 0.6) is 11.5 Å². The Bertz CT molecular complexity index is 2080. The minimum atomic E-state index is -0.495. The number of hydrogen-bond acceptors (Lipinski definition) is 9. The Labute approximate surface area is 310 Å². The van der Waals surface area contributed by atoms with Crippen molar-refractivity contribution in [2.75, 3.05) is 26.3 Å². The van der Waals surface area contributed by atoms with E-state index in [1.165, 1.54) is 0 Å². The fourth-order valence-corrected chi connectivity index (χ4v) is 5.59. The first-order valence-electron chi connectivity index (χ1n) is 17.7. The molecule has 5 N–H and O–H groups in total. The lowest BCUT2D eigenvalue weighted by atomic mass is 9.99. The molecule has 53 heavy (non-hydrogen) atoms. The maximum absolute atomic E-state index is 11.6. The van der Waals surface area contributed by atoms with Gasteiger partial charge in [-0.15, -0.1) is 0 Å². The number of amides is 1. The molecule has 0 spiro atoms. The molecule has 6 aromatic rings. The summed E-state index contributed by atoms with van der Waals surface area (Å²) in [5.74, 6) is 0.498. The SMILES string of the molecule is CC(C)(C)OC(=O)NCCCOCc1ccc2cncc(-c3ccc(O)cc3)c2c1.NCCCOCc1ccc2cncc(-c3ccc(O)cc3)c2c1. The van der Waals surface area contributed by atoms with E-state index in [9.17, 15) is 15.0 Å². The van der Waals surface area contributed by atoms with Gasteiger partial charge in [0.15, 0.2) is 0 Å². The Morgan fingerprint density at radius 3 is 1.60 bits per heavy atom. The summed E-state index contributed by atoms with van der Waals surface area (Å²) in [4.78, 5) is 20.3. The minimum absolute atomic E-state index is 0.238. The first kappa shape index (κ1) is 38.7. The van der Waals surface area contributed by atoms with Gasteiger partial charge in [0.05, 0.1) is 13.2 Å². The van der Waals surface area contributed by atoms with Crippen LogP contribution in [0.1, 0.15) is 44.7 Å². The Hall–Kier alpha value is -5.55. The van der Waals surface area contributed by atoms with E-state index in [0.29, 0.717) is 45.9 Å². The number of phenols is 2. The van der Waals surface area contributed by atoms with Gasteiger partial charge < -0.3 is 35.5 Å². The van der Waals surface area contributed by atoms with Crippen molar-refractivity contribution in [1.82, 2.24) is 15.3 Å². The predicted octanol–water partition coefficient (Wildman–Crippen LogP) is 8.51. The molecule has 0 aliphatic rings. The van der Waals surface area contributed by atoms with Crippen LogP contribution in [0.4, 0.5) is 4.79 Å². The second-order valence-corrected chi connectivity index (χ2v) is 13.6. The highest BCUT2D eigenvalue weighted by molar-refractivity contribution is 5.97. The highest BCUT2D eigenvalue weighted by Gasteiger charge is 2.15. The normalized spacial score (nSPS) is 11.2. The van der Waals surface area contributed by atoms with Gasteiger partial charge >= 0.3 is 6.09 Å². The van der Waals surface area contributed by atoms with E-state index in [1.54, 1.807) is 24.3 Å². The number of nitrogens with zero attached hydrogens (tertiary/aromatic N) is 2. The molecule has 0 aliphatic heterocycles. The molecule has 0 fully saturated rings. The van der Waals surface area contributed by atoms with Gasteiger partial charge in [-0.2, -0.15) is 0 Å². The standard InChI is InChI=1S/C24H28N2O4.C19H20N2O2/c1-24(2,3)30-23(28)26-11-4-12-29-16-17-5-6-19-14-25-15-22(21(19)13-17)18-7-9-20(27)10-8-18;20-8-1-9-23-13-14-2-3-16-11-21-12-19(18(16)10-14)15-4-6-17(22)7-5-15/h5-10,13-15,27H,4,11-12,16H2,1-3H3,(H,26,28);2-7,10-12,22H,1,8-9,13,20H2. The molecule has 0 saturated carbocycles. The van der Waals surface area contributed by atoms with E-state index < -0.39 is 11.7 Å². The summed E-state index contributed by atoms with van der Waals surface area (Å²) in [5, 5.41) is 26.1. The number of hydrogen-bond donors (Lipinski definition) is 4. The number of benzene rings is 4. The summed E-state index contributed by atoms with van der Waals surface area (Å²) in [7, 11) is 0. The first-order chi connectivity index (χ1) is 25.6. The number of nitrogens with two attached hydrogens (primary N) is 1. The van der Waals surface area contributed by atoms with Crippen molar-refractivity contribution in [3.63, 3.8) is 0 Å². The van der Waals surface area contributed by atoms with E-state index in [4.69, 9.17) is 19.9 Å². The maximum atomic E-state index is 11.6. The van der Waals surface area contributed by atoms with Crippen LogP contribution in [0.25, 0.3) is 43.8 Å². The second kappa shape index (κ2) is 18.8. The van der Waals surface area contributed by atoms with Crippen molar-refractivity contribution < 1.29 is 29.2 Å². The lowest BCUT2D eigenvalue weighted by Crippen LogP contribution is -2.33. The number of phenolic OH excluding ortho intramolecular Hbond substituents is 2. The zero-order valence-corrected chi connectivity index (χ0v) is 30.5. The predicted molar refractivity (Wildman–Crippen MR) is 210 cm³/mol. The monoisotopic (exact) mass is 716 g/mol. The zero-order valence-electron chi connectivity index (χ0n) is 30.5. The number of aromatic hydroxyl groups is 2. The van der Waals surface area contributed by atoms with Gasteiger partial charge in [0.2, 0.25) is 0 Å². The van der Waals surface area contributed by atoms with E-state index in [-0.39, 0.29) is 11.5 Å². The first-order valence-corrected chi connectivity index (χ1v) is 17.7. The summed E-state index contributed by atoms with van der Waals surface area (Å²) in [5.41, 5.74) is 11.3. The molecule has 10 nitrogen and oxygen atoms in total. The van der Waals surface area contributed by atoms with Crippen molar-refractivity contribution in [3.05, 3.63) is 121 Å². The minimum Gasteiger partial charge on any atom is -0.508 e. The smallest absolute Gasteiger partial charge is 0.407 e. The number of carbonyl (C=O) groups excluding carboxylic acids is 1. The number of alkyl carbamates (subject to hydrolysis) is 1. The number of ether oxygens (including phenoxy) is 3. The Kier molecular flexibility index (Phi) is 13.7. The Morgan fingerprint density at radius 2 is 1.15 bits per heavy atom. The summed E-state index contributed by atoms with van der Waals surface area (Å²) in [6.07, 6.45) is 8.55. The molecular formula is C43H48N4O6. The third kappa shape index (κ3) is 11.7. The number of pyridine rings is 2. The number of aromatic nitrogens is 2. The van der Waals surface area contributed by atoms with Crippen molar-refractivity contribution in [2.45, 2.75) is 52.4 Å². The van der Waals surface area contributed by atoms with Crippen LogP contribution in [-0.2, 0) is 27.4 Å².